The van der Waals surface area contributed by atoms with Crippen molar-refractivity contribution in [1.82, 2.24) is 24.6 Å². The van der Waals surface area contributed by atoms with Gasteiger partial charge in [-0.3, -0.25) is 4.79 Å². The molecule has 4 rings (SSSR count). The molecule has 2 aliphatic heterocycles. The number of nitrogens with one attached hydrogen (secondary N) is 1. The van der Waals surface area contributed by atoms with Crippen molar-refractivity contribution in [3.8, 4) is 0 Å². The SMILES string of the molecule is O=C(c1cn[nH]n1)N1CC2CCC(C1)N2S(=O)(=O)c1ccc(Cl)cc1. The van der Waals surface area contributed by atoms with E-state index in [1.807, 2.05) is 0 Å². The second-order valence-electron chi connectivity index (χ2n) is 6.24. The highest BCUT2D eigenvalue weighted by molar-refractivity contribution is 7.89. The zero-order valence-electron chi connectivity index (χ0n) is 13.2. The van der Waals surface area contributed by atoms with E-state index in [1.165, 1.54) is 18.3 Å². The van der Waals surface area contributed by atoms with Crippen molar-refractivity contribution in [3.05, 3.63) is 41.2 Å². The third kappa shape index (κ3) is 2.82. The van der Waals surface area contributed by atoms with Gasteiger partial charge in [0.1, 0.15) is 0 Å². The standard InChI is InChI=1S/C15H16ClN5O3S/c16-10-1-5-13(6-2-10)25(23,24)21-11-3-4-12(21)9-20(8-11)15(22)14-7-17-19-18-14/h1-2,5-7,11-12H,3-4,8-9H2,(H,17,18,19). The minimum Gasteiger partial charge on any atom is -0.334 e. The molecule has 0 saturated carbocycles. The van der Waals surface area contributed by atoms with E-state index >= 15 is 0 Å². The van der Waals surface area contributed by atoms with E-state index in [1.54, 1.807) is 21.3 Å². The zero-order valence-corrected chi connectivity index (χ0v) is 14.7. The second-order valence-corrected chi connectivity index (χ2v) is 8.52. The summed E-state index contributed by atoms with van der Waals surface area (Å²) in [6.45, 7) is 0.712. The molecule has 0 aliphatic carbocycles. The van der Waals surface area contributed by atoms with Crippen molar-refractivity contribution in [2.75, 3.05) is 13.1 Å². The maximum absolute atomic E-state index is 13.0. The third-order valence-electron chi connectivity index (χ3n) is 4.73. The first-order chi connectivity index (χ1) is 12.0. The summed E-state index contributed by atoms with van der Waals surface area (Å²) in [5.41, 5.74) is 0.244. The number of H-pyrrole nitrogens is 1. The van der Waals surface area contributed by atoms with E-state index in [-0.39, 0.29) is 28.6 Å². The number of carbonyl (C=O) groups is 1. The lowest BCUT2D eigenvalue weighted by Gasteiger charge is -2.39. The molecule has 132 valence electrons. The summed E-state index contributed by atoms with van der Waals surface area (Å²) in [5, 5.41) is 10.4. The van der Waals surface area contributed by atoms with Gasteiger partial charge in [-0.05, 0) is 37.1 Å². The number of piperazine rings is 1. The van der Waals surface area contributed by atoms with Gasteiger partial charge in [0.2, 0.25) is 10.0 Å². The van der Waals surface area contributed by atoms with Crippen molar-refractivity contribution in [3.63, 3.8) is 0 Å². The molecular weight excluding hydrogens is 366 g/mol. The van der Waals surface area contributed by atoms with E-state index in [0.717, 1.165) is 12.8 Å². The topological polar surface area (TPSA) is 99.3 Å². The highest BCUT2D eigenvalue weighted by atomic mass is 35.5. The van der Waals surface area contributed by atoms with E-state index < -0.39 is 10.0 Å². The smallest absolute Gasteiger partial charge is 0.276 e. The molecule has 0 radical (unpaired) electrons. The summed E-state index contributed by atoms with van der Waals surface area (Å²) in [4.78, 5) is 14.4. The van der Waals surface area contributed by atoms with E-state index in [4.69, 9.17) is 11.6 Å². The molecule has 2 unspecified atom stereocenters. The summed E-state index contributed by atoms with van der Waals surface area (Å²) in [7, 11) is -3.62. The number of likely N-dealkylation sites (tertiary alicyclic amines) is 1. The van der Waals surface area contributed by atoms with Gasteiger partial charge in [-0.15, -0.1) is 0 Å². The summed E-state index contributed by atoms with van der Waals surface area (Å²) in [6.07, 6.45) is 2.85. The molecule has 8 nitrogen and oxygen atoms in total. The van der Waals surface area contributed by atoms with Crippen LogP contribution in [0.3, 0.4) is 0 Å². The molecular formula is C15H16ClN5O3S. The van der Waals surface area contributed by atoms with Crippen LogP contribution in [0.1, 0.15) is 23.3 Å². The highest BCUT2D eigenvalue weighted by Crippen LogP contribution is 2.35. The minimum atomic E-state index is -3.62. The second kappa shape index (κ2) is 6.08. The Bertz CT molecular complexity index is 870. The highest BCUT2D eigenvalue weighted by Gasteiger charge is 2.47. The maximum atomic E-state index is 13.0. The maximum Gasteiger partial charge on any atom is 0.276 e. The summed E-state index contributed by atoms with van der Waals surface area (Å²) >= 11 is 5.85. The number of aromatic nitrogens is 3. The predicted molar refractivity (Wildman–Crippen MR) is 89.6 cm³/mol. The molecule has 1 aromatic heterocycles. The number of amides is 1. The first-order valence-corrected chi connectivity index (χ1v) is 9.73. The van der Waals surface area contributed by atoms with Crippen LogP contribution in [0.5, 0.6) is 0 Å². The molecule has 2 bridgehead atoms. The van der Waals surface area contributed by atoms with E-state index in [9.17, 15) is 13.2 Å². The monoisotopic (exact) mass is 381 g/mol. The van der Waals surface area contributed by atoms with Gasteiger partial charge in [-0.2, -0.15) is 19.7 Å². The van der Waals surface area contributed by atoms with Crippen molar-refractivity contribution < 1.29 is 13.2 Å². The molecule has 1 N–H and O–H groups in total. The van der Waals surface area contributed by atoms with Crippen LogP contribution in [-0.2, 0) is 10.0 Å². The fourth-order valence-electron chi connectivity index (χ4n) is 3.62. The molecule has 1 aromatic carbocycles. The van der Waals surface area contributed by atoms with Crippen LogP contribution in [0.15, 0.2) is 35.4 Å². The number of benzene rings is 1. The van der Waals surface area contributed by atoms with Crippen molar-refractivity contribution >= 4 is 27.5 Å². The first-order valence-electron chi connectivity index (χ1n) is 7.91. The Kier molecular flexibility index (Phi) is 4.01. The molecule has 2 fully saturated rings. The molecule has 2 saturated heterocycles. The Morgan fingerprint density at radius 3 is 2.36 bits per heavy atom. The van der Waals surface area contributed by atoms with Gasteiger partial charge in [0.05, 0.1) is 11.1 Å². The minimum absolute atomic E-state index is 0.227. The Balaban J connectivity index is 1.58. The molecule has 2 aliphatic rings. The fourth-order valence-corrected chi connectivity index (χ4v) is 5.60. The largest absolute Gasteiger partial charge is 0.334 e. The number of halogens is 1. The van der Waals surface area contributed by atoms with Crippen LogP contribution in [0, 0.1) is 0 Å². The van der Waals surface area contributed by atoms with Gasteiger partial charge in [0.15, 0.2) is 5.69 Å². The predicted octanol–water partition coefficient (Wildman–Crippen LogP) is 1.14. The summed E-state index contributed by atoms with van der Waals surface area (Å²) in [5.74, 6) is -0.228. The number of hydrogen-bond acceptors (Lipinski definition) is 5. The lowest BCUT2D eigenvalue weighted by molar-refractivity contribution is 0.0609. The summed E-state index contributed by atoms with van der Waals surface area (Å²) in [6, 6.07) is 5.72. The van der Waals surface area contributed by atoms with Crippen LogP contribution >= 0.6 is 11.6 Å². The first kappa shape index (κ1) is 16.5. The third-order valence-corrected chi connectivity index (χ3v) is 7.00. The quantitative estimate of drug-likeness (QED) is 0.859. The van der Waals surface area contributed by atoms with Gasteiger partial charge < -0.3 is 4.90 Å². The zero-order chi connectivity index (χ0) is 17.6. The molecule has 25 heavy (non-hydrogen) atoms. The van der Waals surface area contributed by atoms with Crippen LogP contribution in [-0.4, -0.2) is 64.1 Å². The van der Waals surface area contributed by atoms with Gasteiger partial charge >= 0.3 is 0 Å². The van der Waals surface area contributed by atoms with Gasteiger partial charge in [0.25, 0.3) is 5.91 Å². The number of aromatic amines is 1. The average molecular weight is 382 g/mol. The molecule has 3 heterocycles. The molecule has 0 spiro atoms. The van der Waals surface area contributed by atoms with E-state index in [0.29, 0.717) is 18.1 Å². The number of carbonyl (C=O) groups excluding carboxylic acids is 1. The number of sulfonamides is 1. The molecule has 2 aromatic rings. The number of fused-ring (bicyclic) bond motifs is 2. The van der Waals surface area contributed by atoms with Gasteiger partial charge in [-0.1, -0.05) is 11.6 Å². The fraction of sp³-hybridized carbons (Fsp3) is 0.400. The number of rotatable bonds is 3. The molecule has 10 heteroatoms. The lowest BCUT2D eigenvalue weighted by atomic mass is 10.2. The van der Waals surface area contributed by atoms with Crippen molar-refractivity contribution in [1.29, 1.82) is 0 Å². The van der Waals surface area contributed by atoms with Crippen LogP contribution in [0.4, 0.5) is 0 Å². The Morgan fingerprint density at radius 2 is 1.80 bits per heavy atom. The van der Waals surface area contributed by atoms with Gasteiger partial charge in [-0.25, -0.2) is 8.42 Å². The molecule has 2 atom stereocenters. The lowest BCUT2D eigenvalue weighted by Crippen LogP contribution is -2.57. The van der Waals surface area contributed by atoms with Crippen molar-refractivity contribution in [2.24, 2.45) is 0 Å². The Morgan fingerprint density at radius 1 is 1.16 bits per heavy atom. The van der Waals surface area contributed by atoms with Crippen LogP contribution in [0.2, 0.25) is 5.02 Å². The normalized spacial score (nSPS) is 23.8. The molecule has 1 amide bonds. The Hall–Kier alpha value is -1.97. The number of hydrogen-bond donors (Lipinski definition) is 1. The van der Waals surface area contributed by atoms with Crippen LogP contribution in [0.25, 0.3) is 0 Å². The van der Waals surface area contributed by atoms with Crippen molar-refractivity contribution in [2.45, 2.75) is 29.8 Å². The average Bonchev–Trinajstić information content (AvgIpc) is 3.21. The summed E-state index contributed by atoms with van der Waals surface area (Å²) < 4.78 is 27.6. The van der Waals surface area contributed by atoms with Gasteiger partial charge in [0, 0.05) is 30.2 Å². The van der Waals surface area contributed by atoms with E-state index in [2.05, 4.69) is 15.4 Å². The number of nitrogens with zero attached hydrogens (tertiary/aromatic N) is 4. The van der Waals surface area contributed by atoms with Crippen LogP contribution < -0.4 is 0 Å². The Labute approximate surface area is 149 Å².